The van der Waals surface area contributed by atoms with Gasteiger partial charge in [-0.1, -0.05) is 11.6 Å². The van der Waals surface area contributed by atoms with Crippen LogP contribution < -0.4 is 0 Å². The molecule has 104 valence electrons. The predicted molar refractivity (Wildman–Crippen MR) is 78.6 cm³/mol. The van der Waals surface area contributed by atoms with E-state index >= 15 is 0 Å². The summed E-state index contributed by atoms with van der Waals surface area (Å²) in [5.41, 5.74) is 0.901. The molecule has 1 aromatic carbocycles. The molecule has 6 heteroatoms. The van der Waals surface area contributed by atoms with Gasteiger partial charge in [0.25, 0.3) is 0 Å². The Labute approximate surface area is 122 Å². The lowest BCUT2D eigenvalue weighted by Crippen LogP contribution is -2.24. The maximum atomic E-state index is 5.89. The average molecular weight is 290 g/mol. The summed E-state index contributed by atoms with van der Waals surface area (Å²) in [6.45, 7) is 2.22. The summed E-state index contributed by atoms with van der Waals surface area (Å²) in [6, 6.07) is 7.46. The molecule has 0 aliphatic carbocycles. The fourth-order valence-electron chi connectivity index (χ4n) is 2.30. The van der Waals surface area contributed by atoms with Crippen molar-refractivity contribution in [3.05, 3.63) is 41.3 Å². The Morgan fingerprint density at radius 2 is 1.80 bits per heavy atom. The van der Waals surface area contributed by atoms with Crippen molar-refractivity contribution in [2.75, 3.05) is 13.1 Å². The third-order valence-corrected chi connectivity index (χ3v) is 3.64. The standard InChI is InChI=1S/C14H16ClN5/c15-12-4-6-13(7-5-12)20-14(16-17-18-20)8-11-19-9-2-1-3-10-19/h4-8,11H,1-3,9-10H2/b11-8+. The van der Waals surface area contributed by atoms with Crippen LogP contribution in [0.4, 0.5) is 0 Å². The number of rotatable bonds is 3. The van der Waals surface area contributed by atoms with Gasteiger partial charge in [0.2, 0.25) is 0 Å². The fraction of sp³-hybridized carbons (Fsp3) is 0.357. The van der Waals surface area contributed by atoms with Crippen molar-refractivity contribution in [1.29, 1.82) is 0 Å². The molecule has 2 heterocycles. The summed E-state index contributed by atoms with van der Waals surface area (Å²) in [5, 5.41) is 12.5. The van der Waals surface area contributed by atoms with E-state index in [0.717, 1.165) is 24.6 Å². The van der Waals surface area contributed by atoms with Gasteiger partial charge in [-0.3, -0.25) is 0 Å². The van der Waals surface area contributed by atoms with Gasteiger partial charge < -0.3 is 4.90 Å². The number of hydrogen-bond acceptors (Lipinski definition) is 4. The normalized spacial score (nSPS) is 15.9. The molecule has 5 nitrogen and oxygen atoms in total. The lowest BCUT2D eigenvalue weighted by molar-refractivity contribution is 0.311. The molecule has 1 aliphatic rings. The molecule has 1 aromatic heterocycles. The van der Waals surface area contributed by atoms with Gasteiger partial charge >= 0.3 is 0 Å². The number of benzene rings is 1. The van der Waals surface area contributed by atoms with Gasteiger partial charge in [0.15, 0.2) is 5.82 Å². The Morgan fingerprint density at radius 1 is 1.05 bits per heavy atom. The molecule has 20 heavy (non-hydrogen) atoms. The van der Waals surface area contributed by atoms with E-state index in [0.29, 0.717) is 5.02 Å². The van der Waals surface area contributed by atoms with Crippen LogP contribution in [0.15, 0.2) is 30.5 Å². The van der Waals surface area contributed by atoms with Crippen molar-refractivity contribution in [2.24, 2.45) is 0 Å². The number of piperidine rings is 1. The zero-order chi connectivity index (χ0) is 13.8. The molecule has 0 unspecified atom stereocenters. The minimum atomic E-state index is 0.701. The van der Waals surface area contributed by atoms with E-state index in [1.807, 2.05) is 30.3 Å². The largest absolute Gasteiger partial charge is 0.377 e. The number of halogens is 1. The quantitative estimate of drug-likeness (QED) is 0.872. The van der Waals surface area contributed by atoms with Crippen molar-refractivity contribution in [1.82, 2.24) is 25.1 Å². The van der Waals surface area contributed by atoms with Crippen molar-refractivity contribution in [3.8, 4) is 5.69 Å². The highest BCUT2D eigenvalue weighted by Gasteiger charge is 2.08. The molecule has 0 saturated carbocycles. The maximum Gasteiger partial charge on any atom is 0.181 e. The van der Waals surface area contributed by atoms with Crippen LogP contribution in [0.2, 0.25) is 5.02 Å². The zero-order valence-corrected chi connectivity index (χ0v) is 11.9. The number of aromatic nitrogens is 4. The Morgan fingerprint density at radius 3 is 2.55 bits per heavy atom. The third-order valence-electron chi connectivity index (χ3n) is 3.39. The van der Waals surface area contributed by atoms with Crippen LogP contribution in [0.5, 0.6) is 0 Å². The van der Waals surface area contributed by atoms with Crippen molar-refractivity contribution in [3.63, 3.8) is 0 Å². The van der Waals surface area contributed by atoms with Gasteiger partial charge in [0.1, 0.15) is 0 Å². The van der Waals surface area contributed by atoms with Crippen LogP contribution >= 0.6 is 11.6 Å². The van der Waals surface area contributed by atoms with E-state index in [1.54, 1.807) is 4.68 Å². The Hall–Kier alpha value is -1.88. The van der Waals surface area contributed by atoms with E-state index < -0.39 is 0 Å². The first-order valence-corrected chi connectivity index (χ1v) is 7.17. The second kappa shape index (κ2) is 6.05. The van der Waals surface area contributed by atoms with E-state index in [-0.39, 0.29) is 0 Å². The highest BCUT2D eigenvalue weighted by atomic mass is 35.5. The van der Waals surface area contributed by atoms with Crippen molar-refractivity contribution in [2.45, 2.75) is 19.3 Å². The molecular formula is C14H16ClN5. The molecule has 0 radical (unpaired) electrons. The van der Waals surface area contributed by atoms with Gasteiger partial charge in [-0.2, -0.15) is 4.68 Å². The first-order valence-electron chi connectivity index (χ1n) is 6.79. The van der Waals surface area contributed by atoms with Crippen LogP contribution in [0.1, 0.15) is 25.1 Å². The second-order valence-electron chi connectivity index (χ2n) is 4.84. The first-order chi connectivity index (χ1) is 9.83. The molecule has 2 aromatic rings. The Kier molecular flexibility index (Phi) is 3.97. The van der Waals surface area contributed by atoms with E-state index in [1.165, 1.54) is 19.3 Å². The SMILES string of the molecule is Clc1ccc(-n2nnnc2/C=C/N2CCCCC2)cc1. The molecule has 1 fully saturated rings. The topological polar surface area (TPSA) is 46.8 Å². The van der Waals surface area contributed by atoms with Crippen LogP contribution in [-0.4, -0.2) is 38.2 Å². The summed E-state index contributed by atoms with van der Waals surface area (Å²) in [6.07, 6.45) is 7.88. The number of nitrogens with zero attached hydrogens (tertiary/aromatic N) is 5. The summed E-state index contributed by atoms with van der Waals surface area (Å²) in [5.74, 6) is 0.720. The summed E-state index contributed by atoms with van der Waals surface area (Å²) in [7, 11) is 0. The van der Waals surface area contributed by atoms with Gasteiger partial charge in [0, 0.05) is 30.4 Å². The highest BCUT2D eigenvalue weighted by Crippen LogP contribution is 2.14. The van der Waals surface area contributed by atoms with Gasteiger partial charge in [-0.15, -0.1) is 5.10 Å². The lowest BCUT2D eigenvalue weighted by Gasteiger charge is -2.24. The summed E-state index contributed by atoms with van der Waals surface area (Å²) >= 11 is 5.89. The molecule has 0 N–H and O–H groups in total. The van der Waals surface area contributed by atoms with Crippen molar-refractivity contribution < 1.29 is 0 Å². The van der Waals surface area contributed by atoms with E-state index in [9.17, 15) is 0 Å². The molecule has 0 spiro atoms. The van der Waals surface area contributed by atoms with Gasteiger partial charge in [-0.05, 0) is 54.0 Å². The maximum absolute atomic E-state index is 5.89. The Balaban J connectivity index is 1.79. The number of likely N-dealkylation sites (tertiary alicyclic amines) is 1. The molecular weight excluding hydrogens is 274 g/mol. The highest BCUT2D eigenvalue weighted by molar-refractivity contribution is 6.30. The van der Waals surface area contributed by atoms with E-state index in [4.69, 9.17) is 11.6 Å². The van der Waals surface area contributed by atoms with Crippen LogP contribution in [-0.2, 0) is 0 Å². The molecule has 0 amide bonds. The summed E-state index contributed by atoms with van der Waals surface area (Å²) in [4.78, 5) is 2.31. The zero-order valence-electron chi connectivity index (χ0n) is 11.1. The first kappa shape index (κ1) is 13.1. The molecule has 3 rings (SSSR count). The minimum absolute atomic E-state index is 0.701. The Bertz CT molecular complexity index is 584. The fourth-order valence-corrected chi connectivity index (χ4v) is 2.43. The molecule has 0 atom stereocenters. The lowest BCUT2D eigenvalue weighted by atomic mass is 10.1. The van der Waals surface area contributed by atoms with Crippen molar-refractivity contribution >= 4 is 17.7 Å². The molecule has 1 aliphatic heterocycles. The minimum Gasteiger partial charge on any atom is -0.377 e. The third kappa shape index (κ3) is 2.99. The van der Waals surface area contributed by atoms with Gasteiger partial charge in [-0.25, -0.2) is 0 Å². The van der Waals surface area contributed by atoms with Crippen LogP contribution in [0, 0.1) is 0 Å². The predicted octanol–water partition coefficient (Wildman–Crippen LogP) is 2.77. The molecule has 1 saturated heterocycles. The monoisotopic (exact) mass is 289 g/mol. The summed E-state index contributed by atoms with van der Waals surface area (Å²) < 4.78 is 1.71. The smallest absolute Gasteiger partial charge is 0.181 e. The van der Waals surface area contributed by atoms with E-state index in [2.05, 4.69) is 26.6 Å². The second-order valence-corrected chi connectivity index (χ2v) is 5.27. The number of hydrogen-bond donors (Lipinski definition) is 0. The average Bonchev–Trinajstić information content (AvgIpc) is 2.95. The number of tetrazole rings is 1. The van der Waals surface area contributed by atoms with Crippen LogP contribution in [0.3, 0.4) is 0 Å². The van der Waals surface area contributed by atoms with Crippen LogP contribution in [0.25, 0.3) is 11.8 Å². The van der Waals surface area contributed by atoms with Gasteiger partial charge in [0.05, 0.1) is 5.69 Å². The molecule has 0 bridgehead atoms.